The molecule has 53 heavy (non-hydrogen) atoms. The first kappa shape index (κ1) is 35.9. The van der Waals surface area contributed by atoms with E-state index >= 15 is 0 Å². The van der Waals surface area contributed by atoms with E-state index < -0.39 is 0 Å². The standard InChI is InChI=1S/C33H27N4O.C13H12N.Ir/c1-19(2)21-12-9-13-22(20(3)4)29(21)37-32(36-31-33(37)35-27-17-7-6-16-26(27)34-31)25-15-10-14-24-23-11-5-8-18-28(23)38-30(24)25;1-10-3-6-12(7-4-10)13-8-5-11(2)9-14-13;/h5-14,16-20H,1-4H3;3-6,8-9H,1-2H3;/q2*-1;. The third-order valence-corrected chi connectivity index (χ3v) is 9.45. The van der Waals surface area contributed by atoms with E-state index in [2.05, 4.69) is 98.8 Å². The number of rotatable bonds is 5. The van der Waals surface area contributed by atoms with E-state index in [0.29, 0.717) is 17.5 Å². The molecular formula is C46H39IrN5O-2. The second-order valence-corrected chi connectivity index (χ2v) is 13.9. The van der Waals surface area contributed by atoms with Crippen molar-refractivity contribution in [2.75, 3.05) is 0 Å². The quantitative estimate of drug-likeness (QED) is 0.161. The number of imidazole rings is 1. The van der Waals surface area contributed by atoms with Crippen LogP contribution in [0.5, 0.6) is 0 Å². The van der Waals surface area contributed by atoms with E-state index in [1.54, 1.807) is 0 Å². The number of hydrogen-bond donors (Lipinski definition) is 0. The van der Waals surface area contributed by atoms with Crippen LogP contribution in [0.1, 0.15) is 61.8 Å². The van der Waals surface area contributed by atoms with Crippen LogP contribution in [-0.2, 0) is 20.1 Å². The van der Waals surface area contributed by atoms with Gasteiger partial charge in [-0.05, 0) is 59.3 Å². The van der Waals surface area contributed by atoms with Gasteiger partial charge in [0.2, 0.25) is 0 Å². The summed E-state index contributed by atoms with van der Waals surface area (Å²) in [6.45, 7) is 13.0. The molecule has 0 aliphatic heterocycles. The zero-order valence-corrected chi connectivity index (χ0v) is 33.0. The Hall–Kier alpha value is -5.49. The van der Waals surface area contributed by atoms with Crippen molar-refractivity contribution in [3.8, 4) is 28.3 Å². The number of benzene rings is 5. The molecule has 0 amide bonds. The molecule has 7 heteroatoms. The molecule has 0 fully saturated rings. The molecule has 5 aromatic carbocycles. The Bertz CT molecular complexity index is 2640. The van der Waals surface area contributed by atoms with Crippen LogP contribution in [0, 0.1) is 26.0 Å². The zero-order valence-electron chi connectivity index (χ0n) is 30.6. The van der Waals surface area contributed by atoms with Crippen molar-refractivity contribution in [3.05, 3.63) is 150 Å². The van der Waals surface area contributed by atoms with Gasteiger partial charge in [0.05, 0.1) is 22.4 Å². The summed E-state index contributed by atoms with van der Waals surface area (Å²) in [5, 5.41) is 2.12. The van der Waals surface area contributed by atoms with Crippen LogP contribution >= 0.6 is 0 Å². The third-order valence-electron chi connectivity index (χ3n) is 9.45. The fourth-order valence-corrected chi connectivity index (χ4v) is 6.75. The Morgan fingerprint density at radius 1 is 0.660 bits per heavy atom. The van der Waals surface area contributed by atoms with Gasteiger partial charge in [-0.2, -0.15) is 0 Å². The minimum Gasteiger partial charge on any atom is -0.501 e. The van der Waals surface area contributed by atoms with Gasteiger partial charge in [-0.25, -0.2) is 9.97 Å². The average Bonchev–Trinajstić information content (AvgIpc) is 3.72. The maximum Gasteiger partial charge on any atom is 0.188 e. The molecule has 0 N–H and O–H groups in total. The van der Waals surface area contributed by atoms with Crippen molar-refractivity contribution in [2.24, 2.45) is 0 Å². The van der Waals surface area contributed by atoms with E-state index in [1.807, 2.05) is 79.9 Å². The molecule has 0 unspecified atom stereocenters. The Balaban J connectivity index is 0.000000245. The molecule has 0 spiro atoms. The molecule has 9 rings (SSSR count). The topological polar surface area (TPSA) is 69.6 Å². The van der Waals surface area contributed by atoms with Gasteiger partial charge in [0.25, 0.3) is 0 Å². The molecule has 0 aliphatic rings. The molecule has 1 radical (unpaired) electrons. The second-order valence-electron chi connectivity index (χ2n) is 13.9. The number of hydrogen-bond acceptors (Lipinski definition) is 5. The first-order chi connectivity index (χ1) is 25.3. The van der Waals surface area contributed by atoms with E-state index in [9.17, 15) is 0 Å². The van der Waals surface area contributed by atoms with Crippen LogP contribution in [0.15, 0.2) is 120 Å². The van der Waals surface area contributed by atoms with Crippen molar-refractivity contribution < 1.29 is 24.5 Å². The average molecular weight is 870 g/mol. The molecule has 0 bridgehead atoms. The van der Waals surface area contributed by atoms with Gasteiger partial charge in [-0.1, -0.05) is 106 Å². The van der Waals surface area contributed by atoms with E-state index in [1.165, 1.54) is 22.3 Å². The van der Waals surface area contributed by atoms with Gasteiger partial charge in [-0.15, -0.1) is 53.6 Å². The Kier molecular flexibility index (Phi) is 10.1. The number of pyridine rings is 1. The van der Waals surface area contributed by atoms with Crippen LogP contribution in [0.2, 0.25) is 0 Å². The van der Waals surface area contributed by atoms with Crippen LogP contribution in [0.4, 0.5) is 0 Å². The molecule has 6 nitrogen and oxygen atoms in total. The summed E-state index contributed by atoms with van der Waals surface area (Å²) in [6.07, 6.45) is 1.88. The molecule has 4 heterocycles. The summed E-state index contributed by atoms with van der Waals surface area (Å²) in [5.41, 5.74) is 13.4. The Labute approximate surface area is 323 Å². The number of nitrogens with zero attached hydrogens (tertiary/aromatic N) is 5. The predicted octanol–water partition coefficient (Wildman–Crippen LogP) is 11.7. The van der Waals surface area contributed by atoms with Gasteiger partial charge >= 0.3 is 0 Å². The van der Waals surface area contributed by atoms with Gasteiger partial charge in [0.15, 0.2) is 11.3 Å². The van der Waals surface area contributed by atoms with Crippen molar-refractivity contribution in [1.82, 2.24) is 24.5 Å². The summed E-state index contributed by atoms with van der Waals surface area (Å²) < 4.78 is 8.62. The van der Waals surface area contributed by atoms with E-state index in [4.69, 9.17) is 19.4 Å². The Morgan fingerprint density at radius 3 is 2.04 bits per heavy atom. The summed E-state index contributed by atoms with van der Waals surface area (Å²) in [5.74, 6) is 1.33. The number of furan rings is 1. The molecule has 0 atom stereocenters. The van der Waals surface area contributed by atoms with Crippen molar-refractivity contribution >= 4 is 44.3 Å². The van der Waals surface area contributed by atoms with Crippen molar-refractivity contribution in [3.63, 3.8) is 0 Å². The van der Waals surface area contributed by atoms with Gasteiger partial charge < -0.3 is 14.0 Å². The molecule has 265 valence electrons. The van der Waals surface area contributed by atoms with Crippen LogP contribution in [-0.4, -0.2) is 24.5 Å². The van der Waals surface area contributed by atoms with Gasteiger partial charge in [0.1, 0.15) is 5.58 Å². The molecule has 9 aromatic rings. The predicted molar refractivity (Wildman–Crippen MR) is 212 cm³/mol. The fraction of sp³-hybridized carbons (Fsp3) is 0.174. The number of aryl methyl sites for hydroxylation is 2. The smallest absolute Gasteiger partial charge is 0.188 e. The molecular weight excluding hydrogens is 831 g/mol. The normalized spacial score (nSPS) is 11.4. The minimum atomic E-state index is 0. The largest absolute Gasteiger partial charge is 0.501 e. The molecule has 0 saturated carbocycles. The van der Waals surface area contributed by atoms with Crippen molar-refractivity contribution in [1.29, 1.82) is 0 Å². The number of aromatic nitrogens is 5. The zero-order chi connectivity index (χ0) is 35.9. The SMILES string of the molecule is CC(C)c1cccc(C(C)C)c1-n1c(-c2[c-]ccc3c2oc2ccccc23)nc2nc3ccccc3nc21.Cc1c[c-]c(-c2ccc(C)cn2)cc1.[Ir]. The first-order valence-corrected chi connectivity index (χ1v) is 17.8. The fourth-order valence-electron chi connectivity index (χ4n) is 6.75. The first-order valence-electron chi connectivity index (χ1n) is 17.8. The van der Waals surface area contributed by atoms with E-state index in [0.717, 1.165) is 67.0 Å². The maximum absolute atomic E-state index is 6.43. The number of fused-ring (bicyclic) bond motifs is 5. The molecule has 4 aromatic heterocycles. The minimum absolute atomic E-state index is 0. The van der Waals surface area contributed by atoms with Gasteiger partial charge in [0, 0.05) is 37.4 Å². The monoisotopic (exact) mass is 870 g/mol. The van der Waals surface area contributed by atoms with E-state index in [-0.39, 0.29) is 20.1 Å². The maximum atomic E-state index is 6.43. The summed E-state index contributed by atoms with van der Waals surface area (Å²) >= 11 is 0. The van der Waals surface area contributed by atoms with Crippen LogP contribution < -0.4 is 0 Å². The van der Waals surface area contributed by atoms with Crippen molar-refractivity contribution in [2.45, 2.75) is 53.4 Å². The third kappa shape index (κ3) is 6.79. The molecule has 0 aliphatic carbocycles. The Morgan fingerprint density at radius 2 is 1.36 bits per heavy atom. The van der Waals surface area contributed by atoms with Crippen LogP contribution in [0.3, 0.4) is 0 Å². The summed E-state index contributed by atoms with van der Waals surface area (Å²) in [4.78, 5) is 19.5. The summed E-state index contributed by atoms with van der Waals surface area (Å²) in [6, 6.07) is 43.6. The molecule has 0 saturated heterocycles. The summed E-state index contributed by atoms with van der Waals surface area (Å²) in [7, 11) is 0. The van der Waals surface area contributed by atoms with Gasteiger partial charge in [-0.3, -0.25) is 4.98 Å². The second kappa shape index (κ2) is 14.9. The van der Waals surface area contributed by atoms with Crippen LogP contribution in [0.25, 0.3) is 72.6 Å². The number of para-hydroxylation sites is 4.